The number of hydrogen-bond donors (Lipinski definition) is 2. The highest BCUT2D eigenvalue weighted by Gasteiger charge is 2.23. The molecule has 0 amide bonds. The maximum atomic E-state index is 3.42. The number of nitrogens with one attached hydrogen (secondary N) is 2. The standard InChI is InChI=1S/C13H23N3/c1-11(2)13(9-12-3-4-15-10-12)16-7-5-14-6-8-16/h3-4,10-11,13-15H,5-9H2,1-2H3. The number of aromatic amines is 1. The van der Waals surface area contributed by atoms with Crippen LogP contribution in [0, 0.1) is 5.92 Å². The van der Waals surface area contributed by atoms with Crippen molar-refractivity contribution in [1.29, 1.82) is 0 Å². The van der Waals surface area contributed by atoms with E-state index in [1.807, 2.05) is 6.20 Å². The van der Waals surface area contributed by atoms with Gasteiger partial charge in [0.05, 0.1) is 0 Å². The molecular weight excluding hydrogens is 198 g/mol. The van der Waals surface area contributed by atoms with Crippen LogP contribution in [-0.2, 0) is 6.42 Å². The predicted octanol–water partition coefficient (Wildman–Crippen LogP) is 1.49. The van der Waals surface area contributed by atoms with Crippen molar-refractivity contribution in [2.45, 2.75) is 26.3 Å². The van der Waals surface area contributed by atoms with Gasteiger partial charge in [-0.1, -0.05) is 13.8 Å². The fourth-order valence-electron chi connectivity index (χ4n) is 2.53. The molecule has 0 bridgehead atoms. The van der Waals surface area contributed by atoms with E-state index < -0.39 is 0 Å². The van der Waals surface area contributed by atoms with Crippen LogP contribution in [0.1, 0.15) is 19.4 Å². The summed E-state index contributed by atoms with van der Waals surface area (Å²) in [6.07, 6.45) is 5.31. The molecule has 0 aliphatic carbocycles. The Kier molecular flexibility index (Phi) is 4.02. The molecular formula is C13H23N3. The molecule has 1 unspecified atom stereocenters. The average Bonchev–Trinajstić information content (AvgIpc) is 2.79. The fraction of sp³-hybridized carbons (Fsp3) is 0.692. The quantitative estimate of drug-likeness (QED) is 0.807. The Bertz CT molecular complexity index is 286. The van der Waals surface area contributed by atoms with E-state index in [0.717, 1.165) is 13.1 Å². The van der Waals surface area contributed by atoms with Crippen LogP contribution in [0.25, 0.3) is 0 Å². The summed E-state index contributed by atoms with van der Waals surface area (Å²) < 4.78 is 0. The van der Waals surface area contributed by atoms with Crippen LogP contribution in [0.3, 0.4) is 0 Å². The summed E-state index contributed by atoms with van der Waals surface area (Å²) in [5, 5.41) is 3.42. The lowest BCUT2D eigenvalue weighted by molar-refractivity contribution is 0.136. The van der Waals surface area contributed by atoms with Crippen molar-refractivity contribution in [2.24, 2.45) is 5.92 Å². The van der Waals surface area contributed by atoms with E-state index in [1.165, 1.54) is 25.1 Å². The minimum absolute atomic E-state index is 0.679. The van der Waals surface area contributed by atoms with Gasteiger partial charge in [-0.15, -0.1) is 0 Å². The van der Waals surface area contributed by atoms with E-state index in [2.05, 4.69) is 41.3 Å². The number of piperazine rings is 1. The topological polar surface area (TPSA) is 31.1 Å². The Morgan fingerprint density at radius 2 is 2.06 bits per heavy atom. The maximum absolute atomic E-state index is 3.42. The molecule has 2 rings (SSSR count). The lowest BCUT2D eigenvalue weighted by Crippen LogP contribution is -2.50. The smallest absolute Gasteiger partial charge is 0.0160 e. The first-order valence-electron chi connectivity index (χ1n) is 6.34. The first-order chi connectivity index (χ1) is 7.77. The molecule has 0 aromatic carbocycles. The summed E-state index contributed by atoms with van der Waals surface area (Å²) >= 11 is 0. The molecule has 3 heteroatoms. The highest BCUT2D eigenvalue weighted by Crippen LogP contribution is 2.16. The molecule has 0 radical (unpaired) electrons. The van der Waals surface area contributed by atoms with E-state index in [0.29, 0.717) is 12.0 Å². The molecule has 0 spiro atoms. The summed E-state index contributed by atoms with van der Waals surface area (Å²) in [4.78, 5) is 5.78. The van der Waals surface area contributed by atoms with Gasteiger partial charge in [0.1, 0.15) is 0 Å². The SMILES string of the molecule is CC(C)C(Cc1cc[nH]c1)N1CCNCC1. The Morgan fingerprint density at radius 1 is 1.31 bits per heavy atom. The number of hydrogen-bond acceptors (Lipinski definition) is 2. The van der Waals surface area contributed by atoms with Gasteiger partial charge < -0.3 is 10.3 Å². The highest BCUT2D eigenvalue weighted by atomic mass is 15.2. The van der Waals surface area contributed by atoms with E-state index in [-0.39, 0.29) is 0 Å². The third kappa shape index (κ3) is 2.86. The predicted molar refractivity (Wildman–Crippen MR) is 67.6 cm³/mol. The monoisotopic (exact) mass is 221 g/mol. The third-order valence-electron chi connectivity index (χ3n) is 3.50. The molecule has 90 valence electrons. The molecule has 16 heavy (non-hydrogen) atoms. The van der Waals surface area contributed by atoms with Gasteiger partial charge >= 0.3 is 0 Å². The van der Waals surface area contributed by atoms with Crippen LogP contribution in [0.15, 0.2) is 18.5 Å². The molecule has 1 aliphatic rings. The largest absolute Gasteiger partial charge is 0.367 e. The zero-order valence-electron chi connectivity index (χ0n) is 10.4. The number of aromatic nitrogens is 1. The van der Waals surface area contributed by atoms with Gasteiger partial charge in [0.15, 0.2) is 0 Å². The maximum Gasteiger partial charge on any atom is 0.0160 e. The second-order valence-electron chi connectivity index (χ2n) is 5.02. The molecule has 1 fully saturated rings. The normalized spacial score (nSPS) is 20.2. The van der Waals surface area contributed by atoms with Gasteiger partial charge in [0.25, 0.3) is 0 Å². The lowest BCUT2D eigenvalue weighted by atomic mass is 9.95. The summed E-state index contributed by atoms with van der Waals surface area (Å²) in [5.41, 5.74) is 1.43. The average molecular weight is 221 g/mol. The highest BCUT2D eigenvalue weighted by molar-refractivity contribution is 5.10. The summed E-state index contributed by atoms with van der Waals surface area (Å²) in [6.45, 7) is 9.31. The van der Waals surface area contributed by atoms with Gasteiger partial charge in [-0.3, -0.25) is 4.90 Å². The van der Waals surface area contributed by atoms with Crippen LogP contribution in [0.5, 0.6) is 0 Å². The summed E-state index contributed by atoms with van der Waals surface area (Å²) in [5.74, 6) is 0.716. The van der Waals surface area contributed by atoms with Gasteiger partial charge in [0.2, 0.25) is 0 Å². The Hall–Kier alpha value is -0.800. The fourth-order valence-corrected chi connectivity index (χ4v) is 2.53. The van der Waals surface area contributed by atoms with Gasteiger partial charge in [-0.05, 0) is 24.0 Å². The van der Waals surface area contributed by atoms with Gasteiger partial charge in [0, 0.05) is 44.6 Å². The van der Waals surface area contributed by atoms with Gasteiger partial charge in [-0.2, -0.15) is 0 Å². The Morgan fingerprint density at radius 3 is 2.62 bits per heavy atom. The minimum atomic E-state index is 0.679. The van der Waals surface area contributed by atoms with Crippen molar-refractivity contribution in [1.82, 2.24) is 15.2 Å². The van der Waals surface area contributed by atoms with Gasteiger partial charge in [-0.25, -0.2) is 0 Å². The van der Waals surface area contributed by atoms with Crippen molar-refractivity contribution in [2.75, 3.05) is 26.2 Å². The number of rotatable bonds is 4. The first-order valence-corrected chi connectivity index (χ1v) is 6.34. The Balaban J connectivity index is 1.98. The third-order valence-corrected chi connectivity index (χ3v) is 3.50. The van der Waals surface area contributed by atoms with E-state index in [9.17, 15) is 0 Å². The second-order valence-corrected chi connectivity index (χ2v) is 5.02. The lowest BCUT2D eigenvalue weighted by Gasteiger charge is -2.37. The zero-order valence-corrected chi connectivity index (χ0v) is 10.4. The molecule has 1 atom stereocenters. The second kappa shape index (κ2) is 5.51. The van der Waals surface area contributed by atoms with E-state index in [1.54, 1.807) is 0 Å². The van der Waals surface area contributed by atoms with Crippen LogP contribution in [0.4, 0.5) is 0 Å². The van der Waals surface area contributed by atoms with Crippen molar-refractivity contribution in [3.63, 3.8) is 0 Å². The summed E-state index contributed by atoms with van der Waals surface area (Å²) in [7, 11) is 0. The molecule has 3 nitrogen and oxygen atoms in total. The Labute approximate surface area is 98.2 Å². The van der Waals surface area contributed by atoms with Crippen molar-refractivity contribution < 1.29 is 0 Å². The molecule has 0 saturated carbocycles. The summed E-state index contributed by atoms with van der Waals surface area (Å²) in [6, 6.07) is 2.87. The molecule has 1 aromatic heterocycles. The minimum Gasteiger partial charge on any atom is -0.367 e. The number of nitrogens with zero attached hydrogens (tertiary/aromatic N) is 1. The molecule has 2 N–H and O–H groups in total. The zero-order chi connectivity index (χ0) is 11.4. The van der Waals surface area contributed by atoms with Crippen molar-refractivity contribution in [3.8, 4) is 0 Å². The van der Waals surface area contributed by atoms with E-state index >= 15 is 0 Å². The van der Waals surface area contributed by atoms with Crippen LogP contribution < -0.4 is 5.32 Å². The van der Waals surface area contributed by atoms with Crippen LogP contribution in [-0.4, -0.2) is 42.1 Å². The molecule has 1 aliphatic heterocycles. The number of H-pyrrole nitrogens is 1. The molecule has 1 aromatic rings. The molecule has 2 heterocycles. The molecule has 1 saturated heterocycles. The van der Waals surface area contributed by atoms with Crippen molar-refractivity contribution >= 4 is 0 Å². The van der Waals surface area contributed by atoms with E-state index in [4.69, 9.17) is 0 Å². The first kappa shape index (κ1) is 11.7. The van der Waals surface area contributed by atoms with Crippen LogP contribution >= 0.6 is 0 Å². The van der Waals surface area contributed by atoms with Crippen molar-refractivity contribution in [3.05, 3.63) is 24.0 Å². The van der Waals surface area contributed by atoms with Crippen LogP contribution in [0.2, 0.25) is 0 Å².